The molecule has 0 spiro atoms. The van der Waals surface area contributed by atoms with Gasteiger partial charge in [0.15, 0.2) is 5.84 Å². The summed E-state index contributed by atoms with van der Waals surface area (Å²) in [5, 5.41) is 11.6. The van der Waals surface area contributed by atoms with Crippen molar-refractivity contribution in [3.63, 3.8) is 0 Å². The number of amidine groups is 1. The Morgan fingerprint density at radius 1 is 1.56 bits per heavy atom. The maximum absolute atomic E-state index is 8.60. The van der Waals surface area contributed by atoms with Crippen LogP contribution in [0.2, 0.25) is 0 Å². The van der Waals surface area contributed by atoms with Crippen LogP contribution in [0.25, 0.3) is 0 Å². The molecular weight excluding hydrogens is 288 g/mol. The number of rotatable bonds is 4. The molecule has 0 aliphatic carbocycles. The van der Waals surface area contributed by atoms with E-state index >= 15 is 0 Å². The van der Waals surface area contributed by atoms with Crippen molar-refractivity contribution in [2.75, 3.05) is 5.75 Å². The van der Waals surface area contributed by atoms with E-state index in [4.69, 9.17) is 10.9 Å². The van der Waals surface area contributed by atoms with Crippen LogP contribution in [0.15, 0.2) is 32.7 Å². The van der Waals surface area contributed by atoms with Gasteiger partial charge >= 0.3 is 0 Å². The average Bonchev–Trinajstić information content (AvgIpc) is 2.25. The Labute approximate surface area is 108 Å². The molecule has 0 bridgehead atoms. The van der Waals surface area contributed by atoms with E-state index in [9.17, 15) is 0 Å². The second-order valence-corrected chi connectivity index (χ2v) is 5.78. The van der Waals surface area contributed by atoms with Gasteiger partial charge in [0.25, 0.3) is 0 Å². The molecule has 0 saturated carbocycles. The van der Waals surface area contributed by atoms with Gasteiger partial charge in [-0.25, -0.2) is 0 Å². The zero-order valence-corrected chi connectivity index (χ0v) is 11.7. The fraction of sp³-hybridized carbons (Fsp3) is 0.364. The maximum atomic E-state index is 8.60. The van der Waals surface area contributed by atoms with Gasteiger partial charge < -0.3 is 10.9 Å². The van der Waals surface area contributed by atoms with Gasteiger partial charge in [0.2, 0.25) is 0 Å². The molecule has 0 aliphatic rings. The maximum Gasteiger partial charge on any atom is 0.171 e. The highest BCUT2D eigenvalue weighted by Crippen LogP contribution is 2.26. The van der Waals surface area contributed by atoms with Gasteiger partial charge in [-0.15, -0.1) is 11.8 Å². The van der Waals surface area contributed by atoms with E-state index in [0.29, 0.717) is 11.5 Å². The highest BCUT2D eigenvalue weighted by Gasteiger charge is 2.06. The largest absolute Gasteiger partial charge is 0.409 e. The third kappa shape index (κ3) is 3.72. The van der Waals surface area contributed by atoms with Crippen molar-refractivity contribution in [2.45, 2.75) is 18.7 Å². The zero-order chi connectivity index (χ0) is 12.1. The molecule has 0 heterocycles. The number of benzene rings is 1. The number of hydrogen-bond donors (Lipinski definition) is 2. The summed E-state index contributed by atoms with van der Waals surface area (Å²) in [6, 6.07) is 5.81. The third-order valence-electron chi connectivity index (χ3n) is 1.91. The SMILES string of the molecule is CC(C)CSc1ccc(/C(N)=N/O)c(Br)c1. The van der Waals surface area contributed by atoms with Gasteiger partial charge in [0.05, 0.1) is 0 Å². The van der Waals surface area contributed by atoms with E-state index in [2.05, 4.69) is 34.9 Å². The normalized spacial score (nSPS) is 12.1. The molecule has 1 aromatic rings. The molecular formula is C11H15BrN2OS. The summed E-state index contributed by atoms with van der Waals surface area (Å²) in [6.07, 6.45) is 0. The van der Waals surface area contributed by atoms with Crippen molar-refractivity contribution >= 4 is 33.5 Å². The minimum Gasteiger partial charge on any atom is -0.409 e. The van der Waals surface area contributed by atoms with Gasteiger partial charge in [-0.2, -0.15) is 0 Å². The Bertz CT molecular complexity index is 394. The number of nitrogens with zero attached hydrogens (tertiary/aromatic N) is 1. The summed E-state index contributed by atoms with van der Waals surface area (Å²) in [5.74, 6) is 1.86. The van der Waals surface area contributed by atoms with Crippen molar-refractivity contribution in [3.8, 4) is 0 Å². The minimum absolute atomic E-state index is 0.118. The van der Waals surface area contributed by atoms with Crippen LogP contribution in [-0.2, 0) is 0 Å². The fourth-order valence-electron chi connectivity index (χ4n) is 1.11. The first-order valence-corrected chi connectivity index (χ1v) is 6.72. The lowest BCUT2D eigenvalue weighted by Gasteiger charge is -2.07. The second kappa shape index (κ2) is 6.15. The monoisotopic (exact) mass is 302 g/mol. The molecule has 0 radical (unpaired) electrons. The van der Waals surface area contributed by atoms with E-state index in [1.807, 2.05) is 18.2 Å². The zero-order valence-electron chi connectivity index (χ0n) is 9.27. The van der Waals surface area contributed by atoms with Crippen LogP contribution in [0.1, 0.15) is 19.4 Å². The first-order chi connectivity index (χ1) is 7.54. The van der Waals surface area contributed by atoms with Crippen molar-refractivity contribution in [3.05, 3.63) is 28.2 Å². The molecule has 0 fully saturated rings. The number of oxime groups is 1. The van der Waals surface area contributed by atoms with Gasteiger partial charge in [0, 0.05) is 20.7 Å². The predicted molar refractivity (Wildman–Crippen MR) is 72.2 cm³/mol. The summed E-state index contributed by atoms with van der Waals surface area (Å²) in [6.45, 7) is 4.37. The van der Waals surface area contributed by atoms with Gasteiger partial charge in [-0.1, -0.05) is 19.0 Å². The predicted octanol–water partition coefficient (Wildman–Crippen LogP) is 3.29. The van der Waals surface area contributed by atoms with Crippen LogP contribution in [0.3, 0.4) is 0 Å². The molecule has 16 heavy (non-hydrogen) atoms. The highest BCUT2D eigenvalue weighted by molar-refractivity contribution is 9.10. The topological polar surface area (TPSA) is 58.6 Å². The molecule has 88 valence electrons. The summed E-state index contributed by atoms with van der Waals surface area (Å²) >= 11 is 5.21. The smallest absolute Gasteiger partial charge is 0.171 e. The lowest BCUT2D eigenvalue weighted by atomic mass is 10.2. The van der Waals surface area contributed by atoms with E-state index < -0.39 is 0 Å². The quantitative estimate of drug-likeness (QED) is 0.295. The molecule has 3 nitrogen and oxygen atoms in total. The molecule has 3 N–H and O–H groups in total. The average molecular weight is 303 g/mol. The van der Waals surface area contributed by atoms with Gasteiger partial charge in [0.1, 0.15) is 0 Å². The van der Waals surface area contributed by atoms with E-state index in [1.54, 1.807) is 11.8 Å². The Morgan fingerprint density at radius 2 is 2.25 bits per heavy atom. The summed E-state index contributed by atoms with van der Waals surface area (Å²) in [7, 11) is 0. The van der Waals surface area contributed by atoms with E-state index in [0.717, 1.165) is 10.2 Å². The van der Waals surface area contributed by atoms with Crippen molar-refractivity contribution in [1.29, 1.82) is 0 Å². The Hall–Kier alpha value is -0.680. The van der Waals surface area contributed by atoms with E-state index in [1.165, 1.54) is 4.90 Å². The van der Waals surface area contributed by atoms with Gasteiger partial charge in [-0.05, 0) is 40.0 Å². The van der Waals surface area contributed by atoms with Crippen molar-refractivity contribution in [1.82, 2.24) is 0 Å². The molecule has 0 saturated heterocycles. The number of hydrogen-bond acceptors (Lipinski definition) is 3. The molecule has 1 aromatic carbocycles. The fourth-order valence-corrected chi connectivity index (χ4v) is 2.73. The summed E-state index contributed by atoms with van der Waals surface area (Å²) < 4.78 is 0.844. The number of halogens is 1. The molecule has 1 rings (SSSR count). The van der Waals surface area contributed by atoms with Crippen LogP contribution in [0.5, 0.6) is 0 Å². The summed E-state index contributed by atoms with van der Waals surface area (Å²) in [5.41, 5.74) is 6.24. The molecule has 0 amide bonds. The van der Waals surface area contributed by atoms with Crippen LogP contribution in [0.4, 0.5) is 0 Å². The van der Waals surface area contributed by atoms with Crippen LogP contribution < -0.4 is 5.73 Å². The van der Waals surface area contributed by atoms with Crippen molar-refractivity contribution < 1.29 is 5.21 Å². The standard InChI is InChI=1S/C11H15BrN2OS/c1-7(2)6-16-8-3-4-9(10(12)5-8)11(13)14-15/h3-5,7,15H,6H2,1-2H3,(H2,13,14). The number of nitrogens with two attached hydrogens (primary N) is 1. The minimum atomic E-state index is 0.118. The lowest BCUT2D eigenvalue weighted by molar-refractivity contribution is 0.318. The molecule has 0 aromatic heterocycles. The molecule has 0 unspecified atom stereocenters. The molecule has 0 aliphatic heterocycles. The first kappa shape index (κ1) is 13.4. The Morgan fingerprint density at radius 3 is 2.75 bits per heavy atom. The Kier molecular flexibility index (Phi) is 5.15. The lowest BCUT2D eigenvalue weighted by Crippen LogP contribution is -2.13. The molecule has 0 atom stereocenters. The number of thioether (sulfide) groups is 1. The van der Waals surface area contributed by atoms with Crippen LogP contribution in [-0.4, -0.2) is 16.8 Å². The second-order valence-electron chi connectivity index (χ2n) is 3.83. The third-order valence-corrected chi connectivity index (χ3v) is 3.98. The van der Waals surface area contributed by atoms with Crippen molar-refractivity contribution in [2.24, 2.45) is 16.8 Å². The Balaban J connectivity index is 2.83. The first-order valence-electron chi connectivity index (χ1n) is 4.95. The summed E-state index contributed by atoms with van der Waals surface area (Å²) in [4.78, 5) is 1.18. The molecule has 5 heteroatoms. The van der Waals surface area contributed by atoms with Gasteiger partial charge in [-0.3, -0.25) is 0 Å². The highest BCUT2D eigenvalue weighted by atomic mass is 79.9. The van der Waals surface area contributed by atoms with Crippen LogP contribution in [0, 0.1) is 5.92 Å². The van der Waals surface area contributed by atoms with Crippen LogP contribution >= 0.6 is 27.7 Å². The van der Waals surface area contributed by atoms with E-state index in [-0.39, 0.29) is 5.84 Å².